The quantitative estimate of drug-likeness (QED) is 0.332. The predicted octanol–water partition coefficient (Wildman–Crippen LogP) is 3.90. The van der Waals surface area contributed by atoms with Gasteiger partial charge in [0.15, 0.2) is 5.82 Å². The zero-order valence-corrected chi connectivity index (χ0v) is 25.3. The SMILES string of the molecule is Cc1noc(C(=O)NC(C)C(Oc2ccc(C(=O)O[C@H]3CCCN(C(=O)[C@H]4COC(=O)C4)C3)cc2)c2ccc(C3CC3)cc2)n1. The molecule has 2 saturated heterocycles. The largest absolute Gasteiger partial charge is 0.484 e. The number of cyclic esters (lactones) is 1. The molecule has 236 valence electrons. The van der Waals surface area contributed by atoms with Gasteiger partial charge in [-0.2, -0.15) is 4.98 Å². The highest BCUT2D eigenvalue weighted by Gasteiger charge is 2.36. The van der Waals surface area contributed by atoms with Crippen LogP contribution in [-0.4, -0.2) is 70.6 Å². The lowest BCUT2D eigenvalue weighted by Gasteiger charge is -2.33. The van der Waals surface area contributed by atoms with E-state index in [1.165, 1.54) is 18.4 Å². The predicted molar refractivity (Wildman–Crippen MR) is 158 cm³/mol. The van der Waals surface area contributed by atoms with E-state index in [0.29, 0.717) is 42.4 Å². The summed E-state index contributed by atoms with van der Waals surface area (Å²) in [6.45, 7) is 4.41. The van der Waals surface area contributed by atoms with Crippen LogP contribution in [-0.2, 0) is 19.1 Å². The van der Waals surface area contributed by atoms with Crippen molar-refractivity contribution in [3.63, 3.8) is 0 Å². The number of nitrogens with one attached hydrogen (secondary N) is 1. The molecule has 6 rings (SSSR count). The van der Waals surface area contributed by atoms with Gasteiger partial charge >= 0.3 is 23.7 Å². The van der Waals surface area contributed by atoms with Crippen molar-refractivity contribution in [3.8, 4) is 5.75 Å². The Bertz CT molecular complexity index is 1550. The fraction of sp³-hybridized carbons (Fsp3) is 0.455. The molecule has 0 radical (unpaired) electrons. The van der Waals surface area contributed by atoms with Gasteiger partial charge in [-0.1, -0.05) is 29.4 Å². The Morgan fingerprint density at radius 1 is 1.04 bits per heavy atom. The molecule has 3 heterocycles. The normalized spacial score (nSPS) is 21.0. The van der Waals surface area contributed by atoms with Crippen molar-refractivity contribution in [3.05, 3.63) is 76.9 Å². The molecular weight excluding hydrogens is 580 g/mol. The Morgan fingerprint density at radius 3 is 2.44 bits per heavy atom. The molecule has 45 heavy (non-hydrogen) atoms. The van der Waals surface area contributed by atoms with Crippen molar-refractivity contribution >= 4 is 23.8 Å². The summed E-state index contributed by atoms with van der Waals surface area (Å²) < 4.78 is 22.1. The minimum Gasteiger partial charge on any atom is -0.484 e. The molecule has 3 fully saturated rings. The summed E-state index contributed by atoms with van der Waals surface area (Å²) in [6.07, 6.45) is 2.81. The van der Waals surface area contributed by atoms with Crippen LogP contribution in [0, 0.1) is 12.8 Å². The Balaban J connectivity index is 1.10. The van der Waals surface area contributed by atoms with Crippen LogP contribution in [0.15, 0.2) is 53.1 Å². The van der Waals surface area contributed by atoms with E-state index in [1.807, 2.05) is 19.1 Å². The number of hydrogen-bond donors (Lipinski definition) is 1. The molecule has 2 aliphatic heterocycles. The van der Waals surface area contributed by atoms with Crippen LogP contribution >= 0.6 is 0 Å². The van der Waals surface area contributed by atoms with Crippen molar-refractivity contribution < 1.29 is 37.9 Å². The molecular formula is C33H36N4O8. The maximum absolute atomic E-state index is 13.0. The molecule has 2 unspecified atom stereocenters. The topological polar surface area (TPSA) is 150 Å². The second-order valence-electron chi connectivity index (χ2n) is 12.0. The number of carbonyl (C=O) groups excluding carboxylic acids is 4. The van der Waals surface area contributed by atoms with Crippen molar-refractivity contribution in [1.82, 2.24) is 20.4 Å². The Kier molecular flexibility index (Phi) is 8.81. The first-order valence-corrected chi connectivity index (χ1v) is 15.4. The maximum atomic E-state index is 13.0. The minimum absolute atomic E-state index is 0.0877. The van der Waals surface area contributed by atoms with E-state index >= 15 is 0 Å². The Morgan fingerprint density at radius 2 is 1.80 bits per heavy atom. The third-order valence-corrected chi connectivity index (χ3v) is 8.37. The number of aryl methyl sites for hydroxylation is 1. The van der Waals surface area contributed by atoms with Crippen LogP contribution in [0.3, 0.4) is 0 Å². The first-order chi connectivity index (χ1) is 21.7. The number of hydrogen-bond acceptors (Lipinski definition) is 10. The highest BCUT2D eigenvalue weighted by molar-refractivity contribution is 5.90. The lowest BCUT2D eigenvalue weighted by molar-refractivity contribution is -0.139. The van der Waals surface area contributed by atoms with Gasteiger partial charge in [-0.15, -0.1) is 0 Å². The number of nitrogens with zero attached hydrogens (tertiary/aromatic N) is 3. The number of amides is 2. The van der Waals surface area contributed by atoms with Gasteiger partial charge in [-0.25, -0.2) is 4.79 Å². The summed E-state index contributed by atoms with van der Waals surface area (Å²) in [5, 5.41) is 6.59. The third-order valence-electron chi connectivity index (χ3n) is 8.37. The number of carbonyl (C=O) groups is 4. The van der Waals surface area contributed by atoms with Crippen molar-refractivity contribution in [2.75, 3.05) is 19.7 Å². The summed E-state index contributed by atoms with van der Waals surface area (Å²) in [5.74, 6) is -0.638. The molecule has 1 aliphatic carbocycles. The number of piperidine rings is 1. The number of esters is 2. The van der Waals surface area contributed by atoms with E-state index in [-0.39, 0.29) is 37.3 Å². The molecule has 3 aromatic rings. The molecule has 2 amide bonds. The van der Waals surface area contributed by atoms with Crippen LogP contribution in [0.5, 0.6) is 5.75 Å². The molecule has 1 aromatic heterocycles. The lowest BCUT2D eigenvalue weighted by atomic mass is 10.00. The van der Waals surface area contributed by atoms with E-state index in [9.17, 15) is 19.2 Å². The minimum atomic E-state index is -0.560. The van der Waals surface area contributed by atoms with Gasteiger partial charge < -0.3 is 29.0 Å². The van der Waals surface area contributed by atoms with E-state index in [1.54, 1.807) is 36.1 Å². The fourth-order valence-corrected chi connectivity index (χ4v) is 5.77. The smallest absolute Gasteiger partial charge is 0.338 e. The summed E-state index contributed by atoms with van der Waals surface area (Å²) in [6, 6.07) is 14.4. The van der Waals surface area contributed by atoms with Crippen molar-refractivity contribution in [2.24, 2.45) is 5.92 Å². The van der Waals surface area contributed by atoms with Crippen molar-refractivity contribution in [2.45, 2.75) is 70.1 Å². The Hall–Kier alpha value is -4.74. The van der Waals surface area contributed by atoms with Gasteiger partial charge in [0.05, 0.1) is 30.5 Å². The molecule has 12 heteroatoms. The van der Waals surface area contributed by atoms with Gasteiger partial charge in [-0.05, 0) is 80.8 Å². The number of rotatable bonds is 10. The van der Waals surface area contributed by atoms with E-state index < -0.39 is 36.0 Å². The van der Waals surface area contributed by atoms with Crippen molar-refractivity contribution in [1.29, 1.82) is 0 Å². The average Bonchev–Trinajstić information content (AvgIpc) is 3.66. The molecule has 12 nitrogen and oxygen atoms in total. The molecule has 1 saturated carbocycles. The molecule has 4 atom stereocenters. The Labute approximate surface area is 260 Å². The average molecular weight is 617 g/mol. The monoisotopic (exact) mass is 616 g/mol. The zero-order chi connectivity index (χ0) is 31.5. The van der Waals surface area contributed by atoms with Crippen LogP contribution < -0.4 is 10.1 Å². The number of ether oxygens (including phenoxy) is 3. The summed E-state index contributed by atoms with van der Waals surface area (Å²) >= 11 is 0. The van der Waals surface area contributed by atoms with Gasteiger partial charge in [0, 0.05) is 6.54 Å². The standard InChI is InChI=1S/C33H36N4O8/c1-19(34-30(39)31-35-20(2)36-45-31)29(23-9-7-22(8-10-23)21-5-6-21)43-26-13-11-24(12-14-26)33(41)44-27-4-3-15-37(17-27)32(40)25-16-28(38)42-18-25/h7-14,19,21,25,27,29H,3-6,15-18H2,1-2H3,(H,34,39)/t19?,25-,27+,29?/m1/s1. The van der Waals surface area contributed by atoms with Crippen LogP contribution in [0.1, 0.15) is 89.0 Å². The molecule has 2 aromatic carbocycles. The first kappa shape index (κ1) is 30.3. The fourth-order valence-electron chi connectivity index (χ4n) is 5.77. The molecule has 0 bridgehead atoms. The van der Waals surface area contributed by atoms with Gasteiger partial charge in [0.1, 0.15) is 24.6 Å². The van der Waals surface area contributed by atoms with E-state index in [4.69, 9.17) is 18.7 Å². The second kappa shape index (κ2) is 13.1. The molecule has 3 aliphatic rings. The third kappa shape index (κ3) is 7.33. The molecule has 0 spiro atoms. The second-order valence-corrected chi connectivity index (χ2v) is 12.0. The number of benzene rings is 2. The van der Waals surface area contributed by atoms with Gasteiger partial charge in [0.25, 0.3) is 0 Å². The van der Waals surface area contributed by atoms with Gasteiger partial charge in [0.2, 0.25) is 5.91 Å². The zero-order valence-electron chi connectivity index (χ0n) is 25.3. The molecule has 1 N–H and O–H groups in total. The highest BCUT2D eigenvalue weighted by atomic mass is 16.5. The first-order valence-electron chi connectivity index (χ1n) is 15.4. The summed E-state index contributed by atoms with van der Waals surface area (Å²) in [7, 11) is 0. The van der Waals surface area contributed by atoms with Crippen LogP contribution in [0.4, 0.5) is 0 Å². The summed E-state index contributed by atoms with van der Waals surface area (Å²) in [5.41, 5.74) is 2.51. The van der Waals surface area contributed by atoms with Crippen LogP contribution in [0.2, 0.25) is 0 Å². The van der Waals surface area contributed by atoms with E-state index in [2.05, 4.69) is 27.6 Å². The van der Waals surface area contributed by atoms with Gasteiger partial charge in [-0.3, -0.25) is 14.4 Å². The highest BCUT2D eigenvalue weighted by Crippen LogP contribution is 2.40. The van der Waals surface area contributed by atoms with Crippen LogP contribution in [0.25, 0.3) is 0 Å². The number of aromatic nitrogens is 2. The van der Waals surface area contributed by atoms with E-state index in [0.717, 1.165) is 5.56 Å². The summed E-state index contributed by atoms with van der Waals surface area (Å²) in [4.78, 5) is 55.7. The lowest BCUT2D eigenvalue weighted by Crippen LogP contribution is -2.46. The number of likely N-dealkylation sites (tertiary alicyclic amines) is 1. The maximum Gasteiger partial charge on any atom is 0.338 e.